The molecule has 0 saturated heterocycles. The van der Waals surface area contributed by atoms with Gasteiger partial charge in [-0.25, -0.2) is 4.39 Å². The van der Waals surface area contributed by atoms with E-state index in [9.17, 15) is 8.78 Å². The molecule has 33 heavy (non-hydrogen) atoms. The summed E-state index contributed by atoms with van der Waals surface area (Å²) in [6.45, 7) is 4.86. The number of hydrogen-bond acceptors (Lipinski definition) is 1. The van der Waals surface area contributed by atoms with Gasteiger partial charge in [-0.3, -0.25) is 0 Å². The van der Waals surface area contributed by atoms with E-state index in [4.69, 9.17) is 4.74 Å². The summed E-state index contributed by atoms with van der Waals surface area (Å²) in [7, 11) is 0. The Balaban J connectivity index is 1.37. The zero-order valence-corrected chi connectivity index (χ0v) is 21.4. The standard InChI is InChI=1S/C30H48F2O/c1-3-5-7-9-23-10-12-24(13-11-23)14-15-25-16-18-26(19-17-25)27-20-21-28(30(32)29(27)31)33-22-8-6-4-2/h20-21,23-26H,3-19,22H2,1-2H3. The lowest BCUT2D eigenvalue weighted by Gasteiger charge is -2.32. The van der Waals surface area contributed by atoms with Crippen molar-refractivity contribution in [3.8, 4) is 5.75 Å². The molecule has 2 aliphatic carbocycles. The van der Waals surface area contributed by atoms with Gasteiger partial charge in [0.2, 0.25) is 5.82 Å². The first kappa shape index (κ1) is 26.5. The molecule has 0 atom stereocenters. The summed E-state index contributed by atoms with van der Waals surface area (Å²) in [6, 6.07) is 3.42. The maximum absolute atomic E-state index is 14.8. The zero-order chi connectivity index (χ0) is 23.5. The number of rotatable bonds is 13. The molecule has 0 spiro atoms. The first-order valence-corrected chi connectivity index (χ1v) is 14.2. The van der Waals surface area contributed by atoms with Gasteiger partial charge in [-0.2, -0.15) is 4.39 Å². The van der Waals surface area contributed by atoms with Gasteiger partial charge in [-0.1, -0.05) is 97.0 Å². The second-order valence-corrected chi connectivity index (χ2v) is 11.0. The quantitative estimate of drug-likeness (QED) is 0.265. The molecule has 0 heterocycles. The van der Waals surface area contributed by atoms with Gasteiger partial charge >= 0.3 is 0 Å². The SMILES string of the molecule is CCCCCOc1ccc(C2CCC(CCC3CCC(CCCCC)CC3)CC2)c(F)c1F. The minimum atomic E-state index is -0.795. The highest BCUT2D eigenvalue weighted by atomic mass is 19.2. The molecular weight excluding hydrogens is 414 g/mol. The van der Waals surface area contributed by atoms with Gasteiger partial charge in [0.15, 0.2) is 11.6 Å². The maximum atomic E-state index is 14.8. The molecule has 1 nitrogen and oxygen atoms in total. The van der Waals surface area contributed by atoms with Crippen LogP contribution in [0.3, 0.4) is 0 Å². The van der Waals surface area contributed by atoms with Crippen molar-refractivity contribution in [1.82, 2.24) is 0 Å². The number of benzene rings is 1. The number of ether oxygens (including phenoxy) is 1. The van der Waals surface area contributed by atoms with Crippen LogP contribution in [0.5, 0.6) is 5.75 Å². The fourth-order valence-corrected chi connectivity index (χ4v) is 6.23. The molecule has 2 aliphatic rings. The first-order valence-electron chi connectivity index (χ1n) is 14.2. The van der Waals surface area contributed by atoms with Crippen LogP contribution in [0.15, 0.2) is 12.1 Å². The molecule has 3 heteroatoms. The Kier molecular flexibility index (Phi) is 11.5. The predicted molar refractivity (Wildman–Crippen MR) is 135 cm³/mol. The van der Waals surface area contributed by atoms with Crippen LogP contribution in [0.4, 0.5) is 8.78 Å². The van der Waals surface area contributed by atoms with Crippen LogP contribution in [0.1, 0.15) is 134 Å². The molecule has 3 rings (SSSR count). The average Bonchev–Trinajstić information content (AvgIpc) is 2.84. The van der Waals surface area contributed by atoms with Gasteiger partial charge in [-0.15, -0.1) is 0 Å². The van der Waals surface area contributed by atoms with E-state index in [-0.39, 0.29) is 11.7 Å². The molecular formula is C30H48F2O. The second-order valence-electron chi connectivity index (χ2n) is 11.0. The second kappa shape index (κ2) is 14.3. The Morgan fingerprint density at radius 1 is 0.667 bits per heavy atom. The molecule has 2 saturated carbocycles. The van der Waals surface area contributed by atoms with E-state index in [0.717, 1.165) is 62.7 Å². The van der Waals surface area contributed by atoms with Gasteiger partial charge < -0.3 is 4.74 Å². The Hall–Kier alpha value is -1.12. The molecule has 0 bridgehead atoms. The Morgan fingerprint density at radius 2 is 1.21 bits per heavy atom. The van der Waals surface area contributed by atoms with E-state index in [1.165, 1.54) is 64.2 Å². The van der Waals surface area contributed by atoms with E-state index in [0.29, 0.717) is 12.2 Å². The smallest absolute Gasteiger partial charge is 0.200 e. The lowest BCUT2D eigenvalue weighted by atomic mass is 9.74. The molecule has 0 unspecified atom stereocenters. The van der Waals surface area contributed by atoms with Gasteiger partial charge in [-0.05, 0) is 67.4 Å². The number of unbranched alkanes of at least 4 members (excludes halogenated alkanes) is 4. The van der Waals surface area contributed by atoms with E-state index in [1.807, 2.05) is 0 Å². The molecule has 0 amide bonds. The maximum Gasteiger partial charge on any atom is 0.200 e. The van der Waals surface area contributed by atoms with Crippen molar-refractivity contribution in [3.63, 3.8) is 0 Å². The molecule has 1 aromatic rings. The van der Waals surface area contributed by atoms with Crippen LogP contribution < -0.4 is 4.74 Å². The lowest BCUT2D eigenvalue weighted by Crippen LogP contribution is -2.18. The van der Waals surface area contributed by atoms with Gasteiger partial charge in [0.25, 0.3) is 0 Å². The topological polar surface area (TPSA) is 9.23 Å². The highest BCUT2D eigenvalue weighted by Crippen LogP contribution is 2.41. The van der Waals surface area contributed by atoms with Crippen LogP contribution in [-0.2, 0) is 0 Å². The van der Waals surface area contributed by atoms with Crippen LogP contribution in [0.25, 0.3) is 0 Å². The highest BCUT2D eigenvalue weighted by molar-refractivity contribution is 5.33. The predicted octanol–water partition coefficient (Wildman–Crippen LogP) is 9.97. The Labute approximate surface area is 202 Å². The van der Waals surface area contributed by atoms with Crippen molar-refractivity contribution >= 4 is 0 Å². The highest BCUT2D eigenvalue weighted by Gasteiger charge is 2.28. The molecule has 0 N–H and O–H groups in total. The van der Waals surface area contributed by atoms with E-state index in [1.54, 1.807) is 12.1 Å². The monoisotopic (exact) mass is 462 g/mol. The van der Waals surface area contributed by atoms with Crippen molar-refractivity contribution in [3.05, 3.63) is 29.3 Å². The average molecular weight is 463 g/mol. The fourth-order valence-electron chi connectivity index (χ4n) is 6.23. The lowest BCUT2D eigenvalue weighted by molar-refractivity contribution is 0.221. The fraction of sp³-hybridized carbons (Fsp3) is 0.800. The minimum absolute atomic E-state index is 0.0705. The van der Waals surface area contributed by atoms with Crippen molar-refractivity contribution in [1.29, 1.82) is 0 Å². The molecule has 0 aromatic heterocycles. The summed E-state index contributed by atoms with van der Waals surface area (Å²) in [5.74, 6) is 1.45. The van der Waals surface area contributed by atoms with Crippen molar-refractivity contribution in [2.75, 3.05) is 6.61 Å². The van der Waals surface area contributed by atoms with Crippen LogP contribution >= 0.6 is 0 Å². The summed E-state index contributed by atoms with van der Waals surface area (Å²) in [5, 5.41) is 0. The summed E-state index contributed by atoms with van der Waals surface area (Å²) in [4.78, 5) is 0. The molecule has 0 radical (unpaired) electrons. The molecule has 188 valence electrons. The Bertz CT molecular complexity index is 672. The molecule has 2 fully saturated rings. The van der Waals surface area contributed by atoms with E-state index >= 15 is 0 Å². The largest absolute Gasteiger partial charge is 0.490 e. The van der Waals surface area contributed by atoms with Crippen molar-refractivity contribution in [2.45, 2.75) is 129 Å². The third-order valence-electron chi connectivity index (χ3n) is 8.53. The molecule has 0 aliphatic heterocycles. The first-order chi connectivity index (χ1) is 16.1. The number of halogens is 2. The van der Waals surface area contributed by atoms with Crippen molar-refractivity contribution in [2.24, 2.45) is 17.8 Å². The van der Waals surface area contributed by atoms with Gasteiger partial charge in [0.05, 0.1) is 6.61 Å². The summed E-state index contributed by atoms with van der Waals surface area (Å²) in [6.07, 6.45) is 21.4. The van der Waals surface area contributed by atoms with Crippen LogP contribution in [-0.4, -0.2) is 6.61 Å². The van der Waals surface area contributed by atoms with Crippen molar-refractivity contribution < 1.29 is 13.5 Å². The summed E-state index contributed by atoms with van der Waals surface area (Å²) < 4.78 is 34.8. The zero-order valence-electron chi connectivity index (χ0n) is 21.4. The third-order valence-corrected chi connectivity index (χ3v) is 8.53. The molecule has 1 aromatic carbocycles. The van der Waals surface area contributed by atoms with Crippen LogP contribution in [0, 0.1) is 29.4 Å². The normalized spacial score (nSPS) is 25.8. The third kappa shape index (κ3) is 8.25. The Morgan fingerprint density at radius 3 is 1.82 bits per heavy atom. The van der Waals surface area contributed by atoms with Gasteiger partial charge in [0.1, 0.15) is 0 Å². The summed E-state index contributed by atoms with van der Waals surface area (Å²) >= 11 is 0. The minimum Gasteiger partial charge on any atom is -0.490 e. The van der Waals surface area contributed by atoms with E-state index < -0.39 is 11.6 Å². The number of hydrogen-bond donors (Lipinski definition) is 0. The summed E-state index contributed by atoms with van der Waals surface area (Å²) in [5.41, 5.74) is 0.563. The van der Waals surface area contributed by atoms with Gasteiger partial charge in [0, 0.05) is 0 Å². The van der Waals surface area contributed by atoms with Crippen LogP contribution in [0.2, 0.25) is 0 Å². The van der Waals surface area contributed by atoms with E-state index in [2.05, 4.69) is 13.8 Å².